The Kier molecular flexibility index (Phi) is 2.27. The second kappa shape index (κ2) is 3.38. The molecule has 1 aliphatic rings. The summed E-state index contributed by atoms with van der Waals surface area (Å²) in [6.45, 7) is 0. The lowest BCUT2D eigenvalue weighted by atomic mass is 9.95. The predicted octanol–water partition coefficient (Wildman–Crippen LogP) is 0.994. The van der Waals surface area contributed by atoms with E-state index in [1.807, 2.05) is 0 Å². The molecule has 0 N–H and O–H groups in total. The van der Waals surface area contributed by atoms with Gasteiger partial charge in [-0.3, -0.25) is 9.59 Å². The van der Waals surface area contributed by atoms with Crippen LogP contribution >= 0.6 is 0 Å². The van der Waals surface area contributed by atoms with Crippen LogP contribution in [0.15, 0.2) is 35.2 Å². The first-order chi connectivity index (χ1) is 7.41. The summed E-state index contributed by atoms with van der Waals surface area (Å²) in [5.41, 5.74) is 0.398. The van der Waals surface area contributed by atoms with Crippen molar-refractivity contribution in [3.05, 3.63) is 46.4 Å². The number of benzene rings is 1. The van der Waals surface area contributed by atoms with E-state index in [0.717, 1.165) is 12.3 Å². The SMILES string of the molecule is CS(=O)(=O)C1=CC(=O)c2ccccc2C1=O. The van der Waals surface area contributed by atoms with Crippen LogP contribution in [0.1, 0.15) is 20.7 Å². The fourth-order valence-corrected chi connectivity index (χ4v) is 2.33. The molecule has 0 amide bonds. The zero-order valence-corrected chi connectivity index (χ0v) is 9.24. The van der Waals surface area contributed by atoms with E-state index in [1.165, 1.54) is 12.1 Å². The molecule has 0 bridgehead atoms. The van der Waals surface area contributed by atoms with Crippen LogP contribution in [-0.4, -0.2) is 26.2 Å². The summed E-state index contributed by atoms with van der Waals surface area (Å²) < 4.78 is 22.6. The van der Waals surface area contributed by atoms with E-state index in [4.69, 9.17) is 0 Å². The van der Waals surface area contributed by atoms with Crippen LogP contribution in [0.5, 0.6) is 0 Å². The van der Waals surface area contributed by atoms with E-state index in [9.17, 15) is 18.0 Å². The topological polar surface area (TPSA) is 68.3 Å². The van der Waals surface area contributed by atoms with Crippen molar-refractivity contribution >= 4 is 21.4 Å². The average molecular weight is 236 g/mol. The molecule has 0 fully saturated rings. The smallest absolute Gasteiger partial charge is 0.205 e. The molecule has 0 aliphatic heterocycles. The molecule has 0 atom stereocenters. The standard InChI is InChI=1S/C11H8O4S/c1-16(14,15)10-6-9(12)7-4-2-3-5-8(7)11(10)13/h2-6H,1H3. The molecule has 5 heteroatoms. The van der Waals surface area contributed by atoms with Gasteiger partial charge < -0.3 is 0 Å². The van der Waals surface area contributed by atoms with E-state index in [-0.39, 0.29) is 11.1 Å². The van der Waals surface area contributed by atoms with Gasteiger partial charge in [-0.05, 0) is 0 Å². The largest absolute Gasteiger partial charge is 0.289 e. The molecular formula is C11H8O4S. The van der Waals surface area contributed by atoms with Crippen molar-refractivity contribution in [3.63, 3.8) is 0 Å². The predicted molar refractivity (Wildman–Crippen MR) is 58.0 cm³/mol. The monoisotopic (exact) mass is 236 g/mol. The van der Waals surface area contributed by atoms with Crippen LogP contribution < -0.4 is 0 Å². The van der Waals surface area contributed by atoms with E-state index < -0.39 is 26.3 Å². The highest BCUT2D eigenvalue weighted by Gasteiger charge is 2.30. The lowest BCUT2D eigenvalue weighted by Gasteiger charge is -2.12. The van der Waals surface area contributed by atoms with E-state index in [0.29, 0.717) is 0 Å². The minimum Gasteiger partial charge on any atom is -0.289 e. The number of hydrogen-bond donors (Lipinski definition) is 0. The highest BCUT2D eigenvalue weighted by molar-refractivity contribution is 7.95. The van der Waals surface area contributed by atoms with Gasteiger partial charge >= 0.3 is 0 Å². The summed E-state index contributed by atoms with van der Waals surface area (Å²) >= 11 is 0. The minimum absolute atomic E-state index is 0.149. The lowest BCUT2D eigenvalue weighted by molar-refractivity contribution is 0.0990. The molecule has 0 spiro atoms. The molecule has 82 valence electrons. The van der Waals surface area contributed by atoms with E-state index in [1.54, 1.807) is 12.1 Å². The molecule has 0 saturated carbocycles. The zero-order valence-electron chi connectivity index (χ0n) is 8.43. The molecule has 1 aromatic rings. The van der Waals surface area contributed by atoms with Gasteiger partial charge in [-0.15, -0.1) is 0 Å². The van der Waals surface area contributed by atoms with Gasteiger partial charge in [0.15, 0.2) is 15.6 Å². The molecule has 0 heterocycles. The third-order valence-electron chi connectivity index (χ3n) is 2.32. The van der Waals surface area contributed by atoms with Gasteiger partial charge in [0.05, 0.1) is 0 Å². The Bertz CT molecular complexity index is 623. The number of ketones is 2. The van der Waals surface area contributed by atoms with Gasteiger partial charge in [-0.25, -0.2) is 8.42 Å². The Labute approximate surface area is 92.5 Å². The first-order valence-electron chi connectivity index (χ1n) is 4.51. The van der Waals surface area contributed by atoms with Crippen LogP contribution in [0.25, 0.3) is 0 Å². The van der Waals surface area contributed by atoms with E-state index >= 15 is 0 Å². The number of allylic oxidation sites excluding steroid dienone is 2. The molecule has 0 radical (unpaired) electrons. The summed E-state index contributed by atoms with van der Waals surface area (Å²) in [4.78, 5) is 23.0. The summed E-state index contributed by atoms with van der Waals surface area (Å²) in [5.74, 6) is -1.06. The van der Waals surface area contributed by atoms with Crippen LogP contribution in [0.2, 0.25) is 0 Å². The highest BCUT2D eigenvalue weighted by atomic mass is 32.2. The fraction of sp³-hybridized carbons (Fsp3) is 0.0909. The third kappa shape index (κ3) is 1.59. The van der Waals surface area contributed by atoms with Crippen molar-refractivity contribution in [2.45, 2.75) is 0 Å². The third-order valence-corrected chi connectivity index (χ3v) is 3.42. The zero-order chi connectivity index (χ0) is 11.9. The molecule has 0 unspecified atom stereocenters. The van der Waals surface area contributed by atoms with Gasteiger partial charge in [-0.2, -0.15) is 0 Å². The quantitative estimate of drug-likeness (QED) is 0.729. The second-order valence-electron chi connectivity index (χ2n) is 3.52. The minimum atomic E-state index is -3.66. The van der Waals surface area contributed by atoms with Gasteiger partial charge in [0, 0.05) is 23.5 Å². The second-order valence-corrected chi connectivity index (χ2v) is 5.50. The van der Waals surface area contributed by atoms with Gasteiger partial charge in [-0.1, -0.05) is 24.3 Å². The number of rotatable bonds is 1. The number of fused-ring (bicyclic) bond motifs is 1. The van der Waals surface area contributed by atoms with Crippen molar-refractivity contribution in [2.24, 2.45) is 0 Å². The van der Waals surface area contributed by atoms with Crippen molar-refractivity contribution in [2.75, 3.05) is 6.26 Å². The van der Waals surface area contributed by atoms with Crippen LogP contribution in [0.4, 0.5) is 0 Å². The molecular weight excluding hydrogens is 228 g/mol. The molecule has 0 saturated heterocycles. The molecule has 1 aliphatic carbocycles. The first-order valence-corrected chi connectivity index (χ1v) is 6.40. The Balaban J connectivity index is 2.70. The van der Waals surface area contributed by atoms with Gasteiger partial charge in [0.2, 0.25) is 5.78 Å². The normalized spacial score (nSPS) is 15.7. The van der Waals surface area contributed by atoms with Gasteiger partial charge in [0.1, 0.15) is 4.91 Å². The number of carbonyl (C=O) groups is 2. The number of sulfone groups is 1. The van der Waals surface area contributed by atoms with Crippen molar-refractivity contribution in [3.8, 4) is 0 Å². The molecule has 2 rings (SSSR count). The maximum Gasteiger partial charge on any atom is 0.205 e. The number of Topliss-reactive ketones (excluding diaryl/α,β-unsaturated/α-hetero) is 1. The lowest BCUT2D eigenvalue weighted by Crippen LogP contribution is -2.21. The molecule has 0 aromatic heterocycles. The summed E-state index contributed by atoms with van der Waals surface area (Å²) in [6, 6.07) is 6.18. The Morgan fingerprint density at radius 1 is 1.00 bits per heavy atom. The summed E-state index contributed by atoms with van der Waals surface area (Å²) in [7, 11) is -3.66. The van der Waals surface area contributed by atoms with Crippen molar-refractivity contribution in [1.82, 2.24) is 0 Å². The summed E-state index contributed by atoms with van der Waals surface area (Å²) in [6.07, 6.45) is 1.80. The van der Waals surface area contributed by atoms with Crippen LogP contribution in [0, 0.1) is 0 Å². The number of carbonyl (C=O) groups excluding carboxylic acids is 2. The average Bonchev–Trinajstić information content (AvgIpc) is 2.22. The Morgan fingerprint density at radius 2 is 1.56 bits per heavy atom. The Morgan fingerprint density at radius 3 is 2.12 bits per heavy atom. The van der Waals surface area contributed by atoms with Crippen LogP contribution in [0.3, 0.4) is 0 Å². The maximum atomic E-state index is 11.8. The van der Waals surface area contributed by atoms with Crippen molar-refractivity contribution < 1.29 is 18.0 Å². The van der Waals surface area contributed by atoms with E-state index in [2.05, 4.69) is 0 Å². The maximum absolute atomic E-state index is 11.8. The summed E-state index contributed by atoms with van der Waals surface area (Å²) in [5, 5.41) is 0. The van der Waals surface area contributed by atoms with Crippen molar-refractivity contribution in [1.29, 1.82) is 0 Å². The number of hydrogen-bond acceptors (Lipinski definition) is 4. The fourth-order valence-electron chi connectivity index (χ4n) is 1.57. The molecule has 1 aromatic carbocycles. The van der Waals surface area contributed by atoms with Gasteiger partial charge in [0.25, 0.3) is 0 Å². The van der Waals surface area contributed by atoms with Crippen LogP contribution in [-0.2, 0) is 9.84 Å². The first kappa shape index (κ1) is 10.8. The molecule has 4 nitrogen and oxygen atoms in total. The highest BCUT2D eigenvalue weighted by Crippen LogP contribution is 2.23. The molecule has 16 heavy (non-hydrogen) atoms. The Hall–Kier alpha value is -1.75.